The van der Waals surface area contributed by atoms with Crippen molar-refractivity contribution in [3.8, 4) is 0 Å². The molecule has 1 saturated heterocycles. The van der Waals surface area contributed by atoms with E-state index in [1.807, 2.05) is 0 Å². The molecule has 0 amide bonds. The van der Waals surface area contributed by atoms with Gasteiger partial charge in [0, 0.05) is 19.0 Å². The zero-order chi connectivity index (χ0) is 10.7. The topological polar surface area (TPSA) is 40.5 Å². The molecule has 0 unspecified atom stereocenters. The Morgan fingerprint density at radius 2 is 1.73 bits per heavy atom. The Kier molecular flexibility index (Phi) is 3.76. The molecule has 1 N–H and O–H groups in total. The van der Waals surface area contributed by atoms with Gasteiger partial charge in [-0.25, -0.2) is 0 Å². The first-order valence-electron chi connectivity index (χ1n) is 6.19. The molecule has 0 aromatic carbocycles. The van der Waals surface area contributed by atoms with Crippen LogP contribution in [0.3, 0.4) is 0 Å². The molecule has 0 radical (unpaired) electrons. The highest BCUT2D eigenvalue weighted by Gasteiger charge is 2.25. The molecule has 0 atom stereocenters. The molecule has 0 bridgehead atoms. The number of carbonyl (C=O) groups is 1. The highest BCUT2D eigenvalue weighted by molar-refractivity contribution is 5.83. The molecule has 15 heavy (non-hydrogen) atoms. The lowest BCUT2D eigenvalue weighted by atomic mass is 10.0. The minimum atomic E-state index is -0.136. The minimum Gasteiger partial charge on any atom is -0.393 e. The summed E-state index contributed by atoms with van der Waals surface area (Å²) >= 11 is 0. The Labute approximate surface area is 91.5 Å². The number of rotatable bonds is 3. The van der Waals surface area contributed by atoms with Gasteiger partial charge in [0.2, 0.25) is 0 Å². The lowest BCUT2D eigenvalue weighted by Gasteiger charge is -2.29. The summed E-state index contributed by atoms with van der Waals surface area (Å²) in [5.41, 5.74) is 0. The second-order valence-corrected chi connectivity index (χ2v) is 4.96. The average molecular weight is 211 g/mol. The van der Waals surface area contributed by atoms with Crippen LogP contribution in [0.5, 0.6) is 0 Å². The molecule has 0 aromatic rings. The minimum absolute atomic E-state index is 0.136. The van der Waals surface area contributed by atoms with Gasteiger partial charge >= 0.3 is 0 Å². The van der Waals surface area contributed by atoms with Crippen LogP contribution in [-0.2, 0) is 4.79 Å². The third kappa shape index (κ3) is 3.02. The molecule has 3 nitrogen and oxygen atoms in total. The van der Waals surface area contributed by atoms with Gasteiger partial charge in [-0.15, -0.1) is 0 Å². The molecule has 2 rings (SSSR count). The number of aliphatic hydroxyl groups is 1. The van der Waals surface area contributed by atoms with E-state index in [4.69, 9.17) is 0 Å². The van der Waals surface area contributed by atoms with Crippen LogP contribution in [0.2, 0.25) is 0 Å². The lowest BCUT2D eigenvalue weighted by molar-refractivity contribution is -0.124. The van der Waals surface area contributed by atoms with Crippen LogP contribution in [0, 0.1) is 5.92 Å². The van der Waals surface area contributed by atoms with Crippen LogP contribution in [0.1, 0.15) is 38.5 Å². The zero-order valence-electron chi connectivity index (χ0n) is 9.32. The normalized spacial score (nSPS) is 25.9. The monoisotopic (exact) mass is 211 g/mol. The molecule has 1 aliphatic carbocycles. The summed E-state index contributed by atoms with van der Waals surface area (Å²) in [6, 6.07) is 0. The van der Waals surface area contributed by atoms with E-state index < -0.39 is 0 Å². The van der Waals surface area contributed by atoms with Gasteiger partial charge in [0.1, 0.15) is 5.78 Å². The second-order valence-electron chi connectivity index (χ2n) is 4.96. The lowest BCUT2D eigenvalue weighted by Crippen LogP contribution is -2.40. The van der Waals surface area contributed by atoms with E-state index in [2.05, 4.69) is 4.90 Å². The maximum absolute atomic E-state index is 11.9. The quantitative estimate of drug-likeness (QED) is 0.762. The number of hydrogen-bond acceptors (Lipinski definition) is 3. The number of piperidine rings is 1. The van der Waals surface area contributed by atoms with Crippen LogP contribution in [-0.4, -0.2) is 41.5 Å². The van der Waals surface area contributed by atoms with Gasteiger partial charge in [0.25, 0.3) is 0 Å². The summed E-state index contributed by atoms with van der Waals surface area (Å²) in [5.74, 6) is 0.778. The Balaban J connectivity index is 1.74. The van der Waals surface area contributed by atoms with Crippen LogP contribution in [0.15, 0.2) is 0 Å². The number of likely N-dealkylation sites (tertiary alicyclic amines) is 1. The molecule has 3 heteroatoms. The van der Waals surface area contributed by atoms with Crippen molar-refractivity contribution < 1.29 is 9.90 Å². The van der Waals surface area contributed by atoms with Crippen molar-refractivity contribution >= 4 is 5.78 Å². The summed E-state index contributed by atoms with van der Waals surface area (Å²) in [4.78, 5) is 14.1. The van der Waals surface area contributed by atoms with E-state index in [1.165, 1.54) is 12.8 Å². The van der Waals surface area contributed by atoms with Crippen LogP contribution in [0.25, 0.3) is 0 Å². The van der Waals surface area contributed by atoms with E-state index >= 15 is 0 Å². The first kappa shape index (κ1) is 11.1. The number of ketones is 1. The SMILES string of the molecule is O=C(CN1CCC(O)CC1)C1CCCC1. The van der Waals surface area contributed by atoms with Crippen molar-refractivity contribution in [1.29, 1.82) is 0 Å². The number of carbonyl (C=O) groups excluding carboxylic acids is 1. The predicted molar refractivity (Wildman–Crippen MR) is 58.6 cm³/mol. The molecule has 2 aliphatic rings. The van der Waals surface area contributed by atoms with Gasteiger partial charge in [-0.05, 0) is 25.7 Å². The van der Waals surface area contributed by atoms with Crippen molar-refractivity contribution in [2.24, 2.45) is 5.92 Å². The first-order valence-corrected chi connectivity index (χ1v) is 6.19. The zero-order valence-corrected chi connectivity index (χ0v) is 9.32. The van der Waals surface area contributed by atoms with Gasteiger partial charge in [0.05, 0.1) is 12.6 Å². The largest absolute Gasteiger partial charge is 0.393 e. The summed E-state index contributed by atoms with van der Waals surface area (Å²) < 4.78 is 0. The maximum Gasteiger partial charge on any atom is 0.149 e. The summed E-state index contributed by atoms with van der Waals surface area (Å²) in [6.45, 7) is 2.40. The Bertz CT molecular complexity index is 216. The predicted octanol–water partition coefficient (Wildman–Crippen LogP) is 1.20. The number of hydrogen-bond donors (Lipinski definition) is 1. The molecule has 1 heterocycles. The van der Waals surface area contributed by atoms with Crippen LogP contribution in [0.4, 0.5) is 0 Å². The summed E-state index contributed by atoms with van der Waals surface area (Å²) in [6.07, 6.45) is 6.20. The molecular weight excluding hydrogens is 190 g/mol. The third-order valence-corrected chi connectivity index (χ3v) is 3.75. The van der Waals surface area contributed by atoms with Crippen molar-refractivity contribution in [1.82, 2.24) is 4.90 Å². The van der Waals surface area contributed by atoms with Crippen molar-refractivity contribution in [3.63, 3.8) is 0 Å². The molecule has 0 aromatic heterocycles. The van der Waals surface area contributed by atoms with Gasteiger partial charge in [0.15, 0.2) is 0 Å². The standard InChI is InChI=1S/C12H21NO2/c14-11-5-7-13(8-6-11)9-12(15)10-3-1-2-4-10/h10-11,14H,1-9H2. The molecular formula is C12H21NO2. The number of aliphatic hydroxyl groups excluding tert-OH is 1. The van der Waals surface area contributed by atoms with Crippen LogP contribution < -0.4 is 0 Å². The number of nitrogens with zero attached hydrogens (tertiary/aromatic N) is 1. The number of Topliss-reactive ketones (excluding diaryl/α,β-unsaturated/α-hetero) is 1. The molecule has 86 valence electrons. The second kappa shape index (κ2) is 5.08. The van der Waals surface area contributed by atoms with E-state index in [0.29, 0.717) is 18.2 Å². The third-order valence-electron chi connectivity index (χ3n) is 3.75. The highest BCUT2D eigenvalue weighted by atomic mass is 16.3. The van der Waals surface area contributed by atoms with E-state index in [9.17, 15) is 9.90 Å². The van der Waals surface area contributed by atoms with E-state index in [-0.39, 0.29) is 6.10 Å². The fourth-order valence-electron chi connectivity index (χ4n) is 2.67. The fourth-order valence-corrected chi connectivity index (χ4v) is 2.67. The highest BCUT2D eigenvalue weighted by Crippen LogP contribution is 2.26. The first-order chi connectivity index (χ1) is 7.25. The molecule has 1 aliphatic heterocycles. The van der Waals surface area contributed by atoms with E-state index in [0.717, 1.165) is 38.8 Å². The van der Waals surface area contributed by atoms with Crippen molar-refractivity contribution in [2.75, 3.05) is 19.6 Å². The molecule has 1 saturated carbocycles. The fraction of sp³-hybridized carbons (Fsp3) is 0.917. The van der Waals surface area contributed by atoms with Crippen molar-refractivity contribution in [3.05, 3.63) is 0 Å². The van der Waals surface area contributed by atoms with Gasteiger partial charge in [-0.3, -0.25) is 9.69 Å². The van der Waals surface area contributed by atoms with Crippen molar-refractivity contribution in [2.45, 2.75) is 44.6 Å². The Morgan fingerprint density at radius 1 is 1.13 bits per heavy atom. The molecule has 2 fully saturated rings. The molecule has 0 spiro atoms. The Morgan fingerprint density at radius 3 is 2.33 bits per heavy atom. The van der Waals surface area contributed by atoms with Gasteiger partial charge < -0.3 is 5.11 Å². The average Bonchev–Trinajstić information content (AvgIpc) is 2.74. The summed E-state index contributed by atoms with van der Waals surface area (Å²) in [5, 5.41) is 9.36. The van der Waals surface area contributed by atoms with Gasteiger partial charge in [-0.1, -0.05) is 12.8 Å². The van der Waals surface area contributed by atoms with Gasteiger partial charge in [-0.2, -0.15) is 0 Å². The van der Waals surface area contributed by atoms with Crippen LogP contribution >= 0.6 is 0 Å². The Hall–Kier alpha value is -0.410. The maximum atomic E-state index is 11.9. The smallest absolute Gasteiger partial charge is 0.149 e. The van der Waals surface area contributed by atoms with E-state index in [1.54, 1.807) is 0 Å². The summed E-state index contributed by atoms with van der Waals surface area (Å²) in [7, 11) is 0.